The monoisotopic (exact) mass is 374 g/mol. The summed E-state index contributed by atoms with van der Waals surface area (Å²) in [5.41, 5.74) is 4.65. The maximum atomic E-state index is 12.9. The highest BCUT2D eigenvalue weighted by Crippen LogP contribution is 2.30. The van der Waals surface area contributed by atoms with E-state index in [1.54, 1.807) is 0 Å². The third kappa shape index (κ3) is 4.20. The molecule has 1 N–H and O–H groups in total. The van der Waals surface area contributed by atoms with Gasteiger partial charge in [-0.1, -0.05) is 23.8 Å². The molecule has 2 aromatic rings. The van der Waals surface area contributed by atoms with E-state index in [0.717, 1.165) is 47.1 Å². The number of anilines is 1. The lowest BCUT2D eigenvalue weighted by molar-refractivity contribution is 0.542. The maximum Gasteiger partial charge on any atom is 0.123 e. The van der Waals surface area contributed by atoms with Crippen molar-refractivity contribution < 1.29 is 4.39 Å². The summed E-state index contributed by atoms with van der Waals surface area (Å²) in [6.07, 6.45) is 8.42. The Hall–Kier alpha value is -1.68. The van der Waals surface area contributed by atoms with Crippen LogP contribution in [0.3, 0.4) is 0 Å². The van der Waals surface area contributed by atoms with Crippen LogP contribution in [0, 0.1) is 12.7 Å². The lowest BCUT2D eigenvalue weighted by Crippen LogP contribution is -2.23. The van der Waals surface area contributed by atoms with Gasteiger partial charge in [0, 0.05) is 12.2 Å². The van der Waals surface area contributed by atoms with Gasteiger partial charge in [-0.15, -0.1) is 0 Å². The summed E-state index contributed by atoms with van der Waals surface area (Å²) < 4.78 is 14.0. The highest BCUT2D eigenvalue weighted by atomic mass is 79.9. The van der Waals surface area contributed by atoms with E-state index in [4.69, 9.17) is 0 Å². The molecule has 120 valence electrons. The van der Waals surface area contributed by atoms with Gasteiger partial charge < -0.3 is 5.32 Å². The molecule has 23 heavy (non-hydrogen) atoms. The Labute approximate surface area is 145 Å². The lowest BCUT2D eigenvalue weighted by Gasteiger charge is -2.26. The Morgan fingerprint density at radius 2 is 1.87 bits per heavy atom. The summed E-state index contributed by atoms with van der Waals surface area (Å²) in [4.78, 5) is 4.27. The molecule has 1 fully saturated rings. The minimum Gasteiger partial charge on any atom is -0.381 e. The lowest BCUT2D eigenvalue weighted by atomic mass is 9.89. The molecule has 0 spiro atoms. The number of halogens is 2. The first kappa shape index (κ1) is 16.2. The van der Waals surface area contributed by atoms with Crippen LogP contribution in [0.2, 0.25) is 0 Å². The third-order valence-electron chi connectivity index (χ3n) is 4.29. The smallest absolute Gasteiger partial charge is 0.123 e. The standard InChI is InChI=1S/C19H20BrFN2/c1-13-19(20)18(10-11-22-13)23-17-8-4-15(5-9-17)12-14-2-6-16(21)7-3-14/h2-3,6-7,10-12,17H,4-5,8-9H2,1H3,(H,22,23). The molecule has 1 saturated carbocycles. The van der Waals surface area contributed by atoms with Crippen LogP contribution in [0.1, 0.15) is 36.9 Å². The SMILES string of the molecule is Cc1nccc(NC2CCC(=Cc3ccc(F)cc3)CC2)c1Br. The van der Waals surface area contributed by atoms with Crippen molar-refractivity contribution in [2.24, 2.45) is 0 Å². The first-order valence-corrected chi connectivity index (χ1v) is 8.74. The summed E-state index contributed by atoms with van der Waals surface area (Å²) in [5, 5.41) is 3.62. The molecule has 0 amide bonds. The van der Waals surface area contributed by atoms with Crippen LogP contribution in [-0.2, 0) is 0 Å². The van der Waals surface area contributed by atoms with Crippen LogP contribution >= 0.6 is 15.9 Å². The van der Waals surface area contributed by atoms with Crippen molar-refractivity contribution >= 4 is 27.7 Å². The van der Waals surface area contributed by atoms with E-state index < -0.39 is 0 Å². The van der Waals surface area contributed by atoms with Gasteiger partial charge in [-0.05, 0) is 72.3 Å². The molecule has 2 nitrogen and oxygen atoms in total. The maximum absolute atomic E-state index is 12.9. The Morgan fingerprint density at radius 1 is 1.17 bits per heavy atom. The van der Waals surface area contributed by atoms with Crippen molar-refractivity contribution in [2.45, 2.75) is 38.6 Å². The molecule has 0 unspecified atom stereocenters. The van der Waals surface area contributed by atoms with E-state index in [1.165, 1.54) is 17.7 Å². The predicted octanol–water partition coefficient (Wildman–Crippen LogP) is 5.73. The molecule has 1 aromatic carbocycles. The van der Waals surface area contributed by atoms with Gasteiger partial charge in [0.15, 0.2) is 0 Å². The summed E-state index contributed by atoms with van der Waals surface area (Å²) in [6.45, 7) is 2.00. The van der Waals surface area contributed by atoms with E-state index in [9.17, 15) is 4.39 Å². The number of rotatable bonds is 3. The van der Waals surface area contributed by atoms with Gasteiger partial charge >= 0.3 is 0 Å². The number of allylic oxidation sites excluding steroid dienone is 1. The van der Waals surface area contributed by atoms with E-state index in [1.807, 2.05) is 31.3 Å². The van der Waals surface area contributed by atoms with Gasteiger partial charge in [0.1, 0.15) is 5.82 Å². The molecular formula is C19H20BrFN2. The highest BCUT2D eigenvalue weighted by molar-refractivity contribution is 9.10. The Morgan fingerprint density at radius 3 is 2.57 bits per heavy atom. The number of hydrogen-bond acceptors (Lipinski definition) is 2. The van der Waals surface area contributed by atoms with Crippen molar-refractivity contribution in [3.8, 4) is 0 Å². The van der Waals surface area contributed by atoms with Crippen molar-refractivity contribution in [1.82, 2.24) is 4.98 Å². The molecule has 1 aliphatic rings. The summed E-state index contributed by atoms with van der Waals surface area (Å²) >= 11 is 3.60. The quantitative estimate of drug-likeness (QED) is 0.741. The van der Waals surface area contributed by atoms with E-state index in [0.29, 0.717) is 6.04 Å². The molecular weight excluding hydrogens is 355 g/mol. The minimum absolute atomic E-state index is 0.182. The van der Waals surface area contributed by atoms with Crippen molar-refractivity contribution in [2.75, 3.05) is 5.32 Å². The molecule has 0 radical (unpaired) electrons. The van der Waals surface area contributed by atoms with Gasteiger partial charge in [0.2, 0.25) is 0 Å². The number of hydrogen-bond donors (Lipinski definition) is 1. The topological polar surface area (TPSA) is 24.9 Å². The Kier molecular flexibility index (Phi) is 5.11. The van der Waals surface area contributed by atoms with Gasteiger partial charge in [0.05, 0.1) is 15.9 Å². The number of pyridine rings is 1. The van der Waals surface area contributed by atoms with Crippen LogP contribution in [0.5, 0.6) is 0 Å². The Balaban J connectivity index is 1.60. The first-order chi connectivity index (χ1) is 11.1. The molecule has 0 saturated heterocycles. The van der Waals surface area contributed by atoms with E-state index >= 15 is 0 Å². The minimum atomic E-state index is -0.182. The number of aromatic nitrogens is 1. The third-order valence-corrected chi connectivity index (χ3v) is 5.29. The predicted molar refractivity (Wildman–Crippen MR) is 96.9 cm³/mol. The second-order valence-electron chi connectivity index (χ2n) is 6.03. The van der Waals surface area contributed by atoms with Crippen LogP contribution in [-0.4, -0.2) is 11.0 Å². The van der Waals surface area contributed by atoms with Gasteiger partial charge in [-0.2, -0.15) is 0 Å². The van der Waals surface area contributed by atoms with Gasteiger partial charge in [-0.25, -0.2) is 4.39 Å². The molecule has 1 aromatic heterocycles. The van der Waals surface area contributed by atoms with Crippen LogP contribution < -0.4 is 5.32 Å². The second kappa shape index (κ2) is 7.26. The fourth-order valence-electron chi connectivity index (χ4n) is 2.95. The fraction of sp³-hybridized carbons (Fsp3) is 0.316. The van der Waals surface area contributed by atoms with E-state index in [-0.39, 0.29) is 5.82 Å². The molecule has 4 heteroatoms. The average molecular weight is 375 g/mol. The highest BCUT2D eigenvalue weighted by Gasteiger charge is 2.17. The second-order valence-corrected chi connectivity index (χ2v) is 6.82. The zero-order valence-electron chi connectivity index (χ0n) is 13.2. The largest absolute Gasteiger partial charge is 0.381 e. The molecule has 0 aliphatic heterocycles. The molecule has 1 aliphatic carbocycles. The summed E-state index contributed by atoms with van der Waals surface area (Å²) in [6, 6.07) is 9.21. The van der Waals surface area contributed by atoms with Crippen LogP contribution in [0.25, 0.3) is 6.08 Å². The molecule has 3 rings (SSSR count). The zero-order valence-corrected chi connectivity index (χ0v) is 14.7. The summed E-state index contributed by atoms with van der Waals surface area (Å²) in [7, 11) is 0. The fourth-order valence-corrected chi connectivity index (χ4v) is 3.30. The normalized spacial score (nSPS) is 17.9. The number of benzene rings is 1. The molecule has 0 atom stereocenters. The first-order valence-electron chi connectivity index (χ1n) is 7.94. The Bertz CT molecular complexity index is 700. The number of aryl methyl sites for hydroxylation is 1. The van der Waals surface area contributed by atoms with Crippen LogP contribution in [0.15, 0.2) is 46.6 Å². The van der Waals surface area contributed by atoms with E-state index in [2.05, 4.69) is 32.3 Å². The average Bonchev–Trinajstić information content (AvgIpc) is 2.56. The van der Waals surface area contributed by atoms with Crippen molar-refractivity contribution in [3.05, 3.63) is 63.6 Å². The molecule has 1 heterocycles. The number of nitrogens with one attached hydrogen (secondary N) is 1. The van der Waals surface area contributed by atoms with Crippen LogP contribution in [0.4, 0.5) is 10.1 Å². The van der Waals surface area contributed by atoms with Crippen molar-refractivity contribution in [1.29, 1.82) is 0 Å². The molecule has 0 bridgehead atoms. The zero-order chi connectivity index (χ0) is 16.2. The number of nitrogens with zero attached hydrogens (tertiary/aromatic N) is 1. The van der Waals surface area contributed by atoms with Crippen molar-refractivity contribution in [3.63, 3.8) is 0 Å². The van der Waals surface area contributed by atoms with Gasteiger partial charge in [0.25, 0.3) is 0 Å². The summed E-state index contributed by atoms with van der Waals surface area (Å²) in [5.74, 6) is -0.182. The van der Waals surface area contributed by atoms with Gasteiger partial charge in [-0.3, -0.25) is 4.98 Å².